The van der Waals surface area contributed by atoms with Crippen molar-refractivity contribution < 1.29 is 0 Å². The van der Waals surface area contributed by atoms with Crippen LogP contribution in [0.25, 0.3) is 0 Å². The minimum Gasteiger partial charge on any atom is -0.123 e. The van der Waals surface area contributed by atoms with E-state index in [4.69, 9.17) is 11.6 Å². The Morgan fingerprint density at radius 2 is 1.81 bits per heavy atom. The van der Waals surface area contributed by atoms with Gasteiger partial charge in [-0.25, -0.2) is 0 Å². The summed E-state index contributed by atoms with van der Waals surface area (Å²) < 4.78 is 0. The highest BCUT2D eigenvalue weighted by Gasteiger charge is 2.34. The molecule has 0 aromatic carbocycles. The summed E-state index contributed by atoms with van der Waals surface area (Å²) >= 11 is 6.48. The average Bonchev–Trinajstić information content (AvgIpc) is 2.14. The van der Waals surface area contributed by atoms with Crippen molar-refractivity contribution in [3.05, 3.63) is 0 Å². The maximum absolute atomic E-state index is 6.48. The van der Waals surface area contributed by atoms with Crippen molar-refractivity contribution in [2.45, 2.75) is 72.1 Å². The third kappa shape index (κ3) is 4.28. The van der Waals surface area contributed by atoms with Crippen LogP contribution in [0.1, 0.15) is 66.7 Å². The van der Waals surface area contributed by atoms with Gasteiger partial charge in [0.25, 0.3) is 0 Å². The third-order valence-corrected chi connectivity index (χ3v) is 4.80. The second kappa shape index (κ2) is 5.76. The van der Waals surface area contributed by atoms with E-state index >= 15 is 0 Å². The first-order chi connectivity index (χ1) is 7.30. The Morgan fingerprint density at radius 1 is 1.19 bits per heavy atom. The van der Waals surface area contributed by atoms with Crippen molar-refractivity contribution in [2.75, 3.05) is 0 Å². The van der Waals surface area contributed by atoms with Crippen LogP contribution in [0.2, 0.25) is 0 Å². The molecular formula is C15H29Cl. The lowest BCUT2D eigenvalue weighted by atomic mass is 9.68. The minimum absolute atomic E-state index is 0.442. The molecule has 1 rings (SSSR count). The lowest BCUT2D eigenvalue weighted by Gasteiger charge is -2.40. The van der Waals surface area contributed by atoms with Crippen molar-refractivity contribution in [1.29, 1.82) is 0 Å². The zero-order valence-electron chi connectivity index (χ0n) is 11.7. The second-order valence-corrected chi connectivity index (χ2v) is 7.68. The first-order valence-electron chi connectivity index (χ1n) is 6.94. The maximum Gasteiger partial charge on any atom is 0.0364 e. The summed E-state index contributed by atoms with van der Waals surface area (Å²) in [5, 5.41) is 0.442. The maximum atomic E-state index is 6.48. The van der Waals surface area contributed by atoms with Crippen LogP contribution in [-0.4, -0.2) is 5.38 Å². The zero-order valence-corrected chi connectivity index (χ0v) is 12.5. The summed E-state index contributed by atoms with van der Waals surface area (Å²) in [5.41, 5.74) is 0.465. The molecule has 1 heteroatoms. The van der Waals surface area contributed by atoms with Gasteiger partial charge in [0.1, 0.15) is 0 Å². The second-order valence-electron chi connectivity index (χ2n) is 7.12. The van der Waals surface area contributed by atoms with E-state index in [1.165, 1.54) is 32.1 Å². The van der Waals surface area contributed by atoms with E-state index in [2.05, 4.69) is 34.6 Å². The van der Waals surface area contributed by atoms with Crippen molar-refractivity contribution in [1.82, 2.24) is 0 Å². The molecule has 0 spiro atoms. The summed E-state index contributed by atoms with van der Waals surface area (Å²) in [5.74, 6) is 2.46. The highest BCUT2D eigenvalue weighted by Crippen LogP contribution is 2.43. The van der Waals surface area contributed by atoms with E-state index in [0.717, 1.165) is 17.8 Å². The molecule has 1 fully saturated rings. The summed E-state index contributed by atoms with van der Waals surface area (Å²) in [4.78, 5) is 0. The summed E-state index contributed by atoms with van der Waals surface area (Å²) in [6.07, 6.45) is 6.58. The van der Waals surface area contributed by atoms with Gasteiger partial charge < -0.3 is 0 Å². The molecule has 96 valence electrons. The smallest absolute Gasteiger partial charge is 0.0364 e. The Balaban J connectivity index is 2.48. The molecule has 0 aromatic rings. The highest BCUT2D eigenvalue weighted by atomic mass is 35.5. The molecule has 0 N–H and O–H groups in total. The SMILES string of the molecule is CC(C)CCC1CC(C(C)(C)C)CCC1Cl. The van der Waals surface area contributed by atoms with E-state index in [9.17, 15) is 0 Å². The van der Waals surface area contributed by atoms with Gasteiger partial charge in [-0.3, -0.25) is 0 Å². The number of hydrogen-bond acceptors (Lipinski definition) is 0. The molecule has 0 nitrogen and oxygen atoms in total. The molecule has 1 aliphatic carbocycles. The van der Waals surface area contributed by atoms with E-state index in [1.54, 1.807) is 0 Å². The highest BCUT2D eigenvalue weighted by molar-refractivity contribution is 6.20. The van der Waals surface area contributed by atoms with E-state index in [-0.39, 0.29) is 0 Å². The van der Waals surface area contributed by atoms with Gasteiger partial charge in [-0.15, -0.1) is 11.6 Å². The van der Waals surface area contributed by atoms with Crippen LogP contribution < -0.4 is 0 Å². The molecule has 16 heavy (non-hydrogen) atoms. The van der Waals surface area contributed by atoms with Gasteiger partial charge in [0, 0.05) is 5.38 Å². The molecule has 3 unspecified atom stereocenters. The van der Waals surface area contributed by atoms with Gasteiger partial charge in [0.05, 0.1) is 0 Å². The molecule has 0 radical (unpaired) electrons. The van der Waals surface area contributed by atoms with Crippen LogP contribution in [0.3, 0.4) is 0 Å². The number of alkyl halides is 1. The first-order valence-corrected chi connectivity index (χ1v) is 7.38. The van der Waals surface area contributed by atoms with Crippen LogP contribution in [0.4, 0.5) is 0 Å². The standard InChI is InChI=1S/C15H29Cl/c1-11(2)6-7-12-10-13(15(3,4)5)8-9-14(12)16/h11-14H,6-10H2,1-5H3. The van der Waals surface area contributed by atoms with Gasteiger partial charge in [-0.1, -0.05) is 41.0 Å². The van der Waals surface area contributed by atoms with Gasteiger partial charge >= 0.3 is 0 Å². The van der Waals surface area contributed by atoms with Gasteiger partial charge in [-0.2, -0.15) is 0 Å². The number of rotatable bonds is 3. The predicted molar refractivity (Wildman–Crippen MR) is 74.0 cm³/mol. The van der Waals surface area contributed by atoms with Crippen molar-refractivity contribution in [2.24, 2.45) is 23.2 Å². The van der Waals surface area contributed by atoms with Crippen LogP contribution in [-0.2, 0) is 0 Å². The molecule has 0 bridgehead atoms. The number of hydrogen-bond donors (Lipinski definition) is 0. The van der Waals surface area contributed by atoms with Crippen molar-refractivity contribution in [3.8, 4) is 0 Å². The van der Waals surface area contributed by atoms with Crippen LogP contribution in [0.15, 0.2) is 0 Å². The van der Waals surface area contributed by atoms with E-state index in [0.29, 0.717) is 10.8 Å². The molecule has 0 heterocycles. The summed E-state index contributed by atoms with van der Waals surface area (Å²) in [7, 11) is 0. The van der Waals surface area contributed by atoms with Crippen molar-refractivity contribution >= 4 is 11.6 Å². The van der Waals surface area contributed by atoms with Gasteiger partial charge in [0.15, 0.2) is 0 Å². The molecule has 3 atom stereocenters. The fourth-order valence-corrected chi connectivity index (χ4v) is 3.21. The largest absolute Gasteiger partial charge is 0.123 e. The first kappa shape index (κ1) is 14.4. The predicted octanol–water partition coefficient (Wildman–Crippen LogP) is 5.49. The fourth-order valence-electron chi connectivity index (χ4n) is 2.86. The Kier molecular flexibility index (Phi) is 5.16. The Labute approximate surface area is 107 Å². The normalized spacial score (nSPS) is 32.1. The van der Waals surface area contributed by atoms with Gasteiger partial charge in [0.2, 0.25) is 0 Å². The topological polar surface area (TPSA) is 0 Å². The quantitative estimate of drug-likeness (QED) is 0.576. The lowest BCUT2D eigenvalue weighted by molar-refractivity contribution is 0.137. The number of halogens is 1. The molecular weight excluding hydrogens is 216 g/mol. The van der Waals surface area contributed by atoms with Gasteiger partial charge in [-0.05, 0) is 48.9 Å². The van der Waals surface area contributed by atoms with Crippen LogP contribution >= 0.6 is 11.6 Å². The Bertz CT molecular complexity index is 202. The fraction of sp³-hybridized carbons (Fsp3) is 1.00. The average molecular weight is 245 g/mol. The molecule has 1 saturated carbocycles. The molecule has 0 aliphatic heterocycles. The van der Waals surface area contributed by atoms with E-state index < -0.39 is 0 Å². The molecule has 0 aromatic heterocycles. The minimum atomic E-state index is 0.442. The Morgan fingerprint density at radius 3 is 2.31 bits per heavy atom. The summed E-state index contributed by atoms with van der Waals surface area (Å²) in [6, 6.07) is 0. The molecule has 0 saturated heterocycles. The van der Waals surface area contributed by atoms with E-state index in [1.807, 2.05) is 0 Å². The van der Waals surface area contributed by atoms with Crippen LogP contribution in [0.5, 0.6) is 0 Å². The molecule has 0 amide bonds. The molecule has 1 aliphatic rings. The lowest BCUT2D eigenvalue weighted by Crippen LogP contribution is -2.32. The third-order valence-electron chi connectivity index (χ3n) is 4.23. The monoisotopic (exact) mass is 244 g/mol. The zero-order chi connectivity index (χ0) is 12.3. The van der Waals surface area contributed by atoms with Crippen LogP contribution in [0, 0.1) is 23.2 Å². The van der Waals surface area contributed by atoms with Crippen molar-refractivity contribution in [3.63, 3.8) is 0 Å². The Hall–Kier alpha value is 0.290. The summed E-state index contributed by atoms with van der Waals surface area (Å²) in [6.45, 7) is 11.8.